The second kappa shape index (κ2) is 6.02. The molecule has 1 amide bonds. The van der Waals surface area contributed by atoms with Crippen LogP contribution in [0.15, 0.2) is 30.5 Å². The molecule has 0 radical (unpaired) electrons. The van der Waals surface area contributed by atoms with Gasteiger partial charge in [-0.25, -0.2) is 0 Å². The van der Waals surface area contributed by atoms with E-state index >= 15 is 0 Å². The first-order valence-electron chi connectivity index (χ1n) is 8.72. The average Bonchev–Trinajstić information content (AvgIpc) is 2.84. The van der Waals surface area contributed by atoms with Gasteiger partial charge in [-0.2, -0.15) is 0 Å². The van der Waals surface area contributed by atoms with Crippen molar-refractivity contribution >= 4 is 11.6 Å². The first-order chi connectivity index (χ1) is 11.6. The molecule has 0 atom stereocenters. The Bertz CT molecular complexity index is 795. The molecule has 1 aromatic carbocycles. The van der Waals surface area contributed by atoms with Gasteiger partial charge >= 0.3 is 0 Å². The number of pyridine rings is 1. The van der Waals surface area contributed by atoms with Gasteiger partial charge in [-0.1, -0.05) is 18.2 Å². The predicted octanol–water partition coefficient (Wildman–Crippen LogP) is 2.96. The maximum Gasteiger partial charge on any atom is 0.233 e. The summed E-state index contributed by atoms with van der Waals surface area (Å²) in [6, 6.07) is 8.48. The number of amides is 1. The highest BCUT2D eigenvalue weighted by Gasteiger charge is 2.29. The minimum absolute atomic E-state index is 0.177. The maximum absolute atomic E-state index is 12.4. The lowest BCUT2D eigenvalue weighted by molar-refractivity contribution is -0.117. The number of aromatic nitrogens is 1. The average molecular weight is 321 g/mol. The standard InChI is InChI=1S/C20H23N3O/c1-14-5-3-6-17(15(14)2)16-11-19-18(21-13-16)12-20(24)23(19)10-9-22-7-4-8-22/h3,5-6,11,13H,4,7-10,12H2,1-2H3. The summed E-state index contributed by atoms with van der Waals surface area (Å²) < 4.78 is 0. The normalized spacial score (nSPS) is 17.1. The Kier molecular flexibility index (Phi) is 3.85. The highest BCUT2D eigenvalue weighted by molar-refractivity contribution is 6.01. The van der Waals surface area contributed by atoms with E-state index in [4.69, 9.17) is 0 Å². The molecule has 2 aromatic rings. The van der Waals surface area contributed by atoms with E-state index in [1.54, 1.807) is 0 Å². The van der Waals surface area contributed by atoms with E-state index < -0.39 is 0 Å². The molecule has 24 heavy (non-hydrogen) atoms. The van der Waals surface area contributed by atoms with Crippen molar-refractivity contribution in [1.82, 2.24) is 9.88 Å². The van der Waals surface area contributed by atoms with Crippen LogP contribution in [0.4, 0.5) is 5.69 Å². The number of benzene rings is 1. The lowest BCUT2D eigenvalue weighted by Crippen LogP contribution is -2.43. The molecule has 0 saturated carbocycles. The van der Waals surface area contributed by atoms with Crippen LogP contribution >= 0.6 is 0 Å². The van der Waals surface area contributed by atoms with Crippen LogP contribution < -0.4 is 4.90 Å². The zero-order valence-corrected chi connectivity index (χ0v) is 14.4. The summed E-state index contributed by atoms with van der Waals surface area (Å²) in [5.41, 5.74) is 6.76. The van der Waals surface area contributed by atoms with Crippen molar-refractivity contribution < 1.29 is 4.79 Å². The van der Waals surface area contributed by atoms with Gasteiger partial charge in [0.25, 0.3) is 0 Å². The fourth-order valence-electron chi connectivity index (χ4n) is 3.53. The molecule has 124 valence electrons. The van der Waals surface area contributed by atoms with Gasteiger partial charge in [0.15, 0.2) is 0 Å². The van der Waals surface area contributed by atoms with E-state index in [-0.39, 0.29) is 5.91 Å². The Balaban J connectivity index is 1.65. The zero-order chi connectivity index (χ0) is 16.7. The van der Waals surface area contributed by atoms with Gasteiger partial charge in [0, 0.05) is 24.8 Å². The molecule has 0 unspecified atom stereocenters. The van der Waals surface area contributed by atoms with Crippen LogP contribution in [0.5, 0.6) is 0 Å². The van der Waals surface area contributed by atoms with Gasteiger partial charge in [-0.3, -0.25) is 9.78 Å². The van der Waals surface area contributed by atoms with Crippen LogP contribution in [-0.4, -0.2) is 42.0 Å². The number of nitrogens with zero attached hydrogens (tertiary/aromatic N) is 3. The van der Waals surface area contributed by atoms with Crippen LogP contribution in [0.1, 0.15) is 23.2 Å². The molecule has 2 aliphatic rings. The Hall–Kier alpha value is -2.20. The Labute approximate surface area is 143 Å². The number of hydrogen-bond donors (Lipinski definition) is 0. The Morgan fingerprint density at radius 1 is 1.17 bits per heavy atom. The maximum atomic E-state index is 12.4. The summed E-state index contributed by atoms with van der Waals surface area (Å²) in [6.45, 7) is 8.32. The summed E-state index contributed by atoms with van der Waals surface area (Å²) in [6.07, 6.45) is 3.62. The predicted molar refractivity (Wildman–Crippen MR) is 96.3 cm³/mol. The molecule has 3 heterocycles. The topological polar surface area (TPSA) is 36.4 Å². The number of fused-ring (bicyclic) bond motifs is 1. The number of anilines is 1. The lowest BCUT2D eigenvalue weighted by atomic mass is 9.98. The minimum Gasteiger partial charge on any atom is -0.309 e. The molecule has 4 rings (SSSR count). The summed E-state index contributed by atoms with van der Waals surface area (Å²) in [5, 5.41) is 0. The third-order valence-electron chi connectivity index (χ3n) is 5.36. The van der Waals surface area contributed by atoms with E-state index in [0.717, 1.165) is 43.1 Å². The molecule has 1 saturated heterocycles. The van der Waals surface area contributed by atoms with Crippen molar-refractivity contribution in [2.45, 2.75) is 26.7 Å². The third kappa shape index (κ3) is 2.61. The molecule has 1 aromatic heterocycles. The first kappa shape index (κ1) is 15.3. The Morgan fingerprint density at radius 2 is 2.00 bits per heavy atom. The molecule has 0 aliphatic carbocycles. The molecular formula is C20H23N3O. The van der Waals surface area contributed by atoms with E-state index in [1.807, 2.05) is 11.1 Å². The largest absolute Gasteiger partial charge is 0.309 e. The summed E-state index contributed by atoms with van der Waals surface area (Å²) in [7, 11) is 0. The van der Waals surface area contributed by atoms with Gasteiger partial charge in [0.1, 0.15) is 0 Å². The number of aryl methyl sites for hydroxylation is 1. The molecule has 0 spiro atoms. The molecule has 1 fully saturated rings. The second-order valence-corrected chi connectivity index (χ2v) is 6.85. The first-order valence-corrected chi connectivity index (χ1v) is 8.72. The Morgan fingerprint density at radius 3 is 2.75 bits per heavy atom. The monoisotopic (exact) mass is 321 g/mol. The van der Waals surface area contributed by atoms with Gasteiger partial charge in [-0.15, -0.1) is 0 Å². The molecule has 2 aliphatic heterocycles. The van der Waals surface area contributed by atoms with Gasteiger partial charge in [0.2, 0.25) is 5.91 Å². The molecule has 0 bridgehead atoms. The van der Waals surface area contributed by atoms with Crippen molar-refractivity contribution in [2.75, 3.05) is 31.1 Å². The smallest absolute Gasteiger partial charge is 0.233 e. The summed E-state index contributed by atoms with van der Waals surface area (Å²) >= 11 is 0. The van der Waals surface area contributed by atoms with Crippen molar-refractivity contribution in [2.24, 2.45) is 0 Å². The molecule has 0 N–H and O–H groups in total. The lowest BCUT2D eigenvalue weighted by Gasteiger charge is -2.32. The van der Waals surface area contributed by atoms with Crippen LogP contribution in [-0.2, 0) is 11.2 Å². The van der Waals surface area contributed by atoms with Crippen LogP contribution in [0, 0.1) is 13.8 Å². The number of carbonyl (C=O) groups is 1. The number of likely N-dealkylation sites (tertiary alicyclic amines) is 1. The van der Waals surface area contributed by atoms with E-state index in [2.05, 4.69) is 48.0 Å². The minimum atomic E-state index is 0.177. The van der Waals surface area contributed by atoms with E-state index in [9.17, 15) is 4.79 Å². The van der Waals surface area contributed by atoms with Gasteiger partial charge in [0.05, 0.1) is 17.8 Å². The summed E-state index contributed by atoms with van der Waals surface area (Å²) in [4.78, 5) is 21.3. The van der Waals surface area contributed by atoms with Crippen molar-refractivity contribution in [3.63, 3.8) is 0 Å². The van der Waals surface area contributed by atoms with Crippen LogP contribution in [0.2, 0.25) is 0 Å². The van der Waals surface area contributed by atoms with Crippen molar-refractivity contribution in [3.05, 3.63) is 47.3 Å². The van der Waals surface area contributed by atoms with Crippen molar-refractivity contribution in [1.29, 1.82) is 0 Å². The van der Waals surface area contributed by atoms with E-state index in [1.165, 1.54) is 23.1 Å². The fraction of sp³-hybridized carbons (Fsp3) is 0.400. The SMILES string of the molecule is Cc1cccc(-c2cnc3c(c2)N(CCN2CCC2)C(=O)C3)c1C. The van der Waals surface area contributed by atoms with Crippen LogP contribution in [0.3, 0.4) is 0 Å². The number of hydrogen-bond acceptors (Lipinski definition) is 3. The molecule has 4 nitrogen and oxygen atoms in total. The summed E-state index contributed by atoms with van der Waals surface area (Å²) in [5.74, 6) is 0.177. The van der Waals surface area contributed by atoms with Gasteiger partial charge < -0.3 is 9.80 Å². The van der Waals surface area contributed by atoms with Crippen LogP contribution in [0.25, 0.3) is 11.1 Å². The van der Waals surface area contributed by atoms with Crippen molar-refractivity contribution in [3.8, 4) is 11.1 Å². The fourth-order valence-corrected chi connectivity index (χ4v) is 3.53. The third-order valence-corrected chi connectivity index (χ3v) is 5.36. The highest BCUT2D eigenvalue weighted by atomic mass is 16.2. The quantitative estimate of drug-likeness (QED) is 0.869. The number of rotatable bonds is 4. The molecule has 4 heteroatoms. The number of carbonyl (C=O) groups excluding carboxylic acids is 1. The zero-order valence-electron chi connectivity index (χ0n) is 14.4. The van der Waals surface area contributed by atoms with Gasteiger partial charge in [-0.05, 0) is 56.1 Å². The highest BCUT2D eigenvalue weighted by Crippen LogP contribution is 2.33. The molecular weight excluding hydrogens is 298 g/mol. The van der Waals surface area contributed by atoms with E-state index in [0.29, 0.717) is 6.42 Å². The second-order valence-electron chi connectivity index (χ2n) is 6.85.